The lowest BCUT2D eigenvalue weighted by molar-refractivity contribution is 1.13. The first-order valence-corrected chi connectivity index (χ1v) is 26.9. The smallest absolute Gasteiger partial charge is 0.252 e. The Morgan fingerprint density at radius 1 is 0.273 bits per heavy atom. The molecule has 0 spiro atoms. The summed E-state index contributed by atoms with van der Waals surface area (Å²) in [6.07, 6.45) is 0. The normalized spacial score (nSPS) is 14.5. The molecular weight excluding hydrogens is 933 g/mol. The summed E-state index contributed by atoms with van der Waals surface area (Å²) in [5.41, 5.74) is 28.5. The van der Waals surface area contributed by atoms with Gasteiger partial charge in [-0.15, -0.1) is 0 Å². The molecule has 0 amide bonds. The van der Waals surface area contributed by atoms with Crippen molar-refractivity contribution in [2.24, 2.45) is 9.98 Å². The molecule has 8 heterocycles. The van der Waals surface area contributed by atoms with E-state index in [4.69, 9.17) is 9.98 Å². The zero-order valence-corrected chi connectivity index (χ0v) is 41.4. The molecule has 13 aromatic rings. The van der Waals surface area contributed by atoms with Gasteiger partial charge in [-0.05, 0) is 134 Å². The minimum atomic E-state index is -0.0936. The van der Waals surface area contributed by atoms with Crippen LogP contribution in [0.1, 0.15) is 0 Å². The molecule has 6 aliphatic heterocycles. The quantitative estimate of drug-likeness (QED) is 0.131. The number of pyridine rings is 2. The van der Waals surface area contributed by atoms with Crippen molar-refractivity contribution >= 4 is 158 Å². The van der Waals surface area contributed by atoms with E-state index in [1.165, 1.54) is 105 Å². The highest BCUT2D eigenvalue weighted by molar-refractivity contribution is 7.07. The lowest BCUT2D eigenvalue weighted by Gasteiger charge is -2.47. The molecule has 11 aromatic carbocycles. The van der Waals surface area contributed by atoms with Crippen LogP contribution in [0.3, 0.4) is 0 Å². The van der Waals surface area contributed by atoms with Crippen molar-refractivity contribution in [3.8, 4) is 11.4 Å². The average molecular weight is 973 g/mol. The van der Waals surface area contributed by atoms with Crippen LogP contribution in [-0.4, -0.2) is 29.3 Å². The summed E-state index contributed by atoms with van der Waals surface area (Å²) in [5, 5.41) is 6.63. The molecule has 6 aliphatic rings. The Morgan fingerprint density at radius 3 is 1.10 bits per heavy atom. The number of benzene rings is 11. The van der Waals surface area contributed by atoms with Gasteiger partial charge >= 0.3 is 0 Å². The molecule has 0 fully saturated rings. The predicted molar refractivity (Wildman–Crippen MR) is 322 cm³/mol. The van der Waals surface area contributed by atoms with E-state index in [1.54, 1.807) is 0 Å². The second-order valence-corrected chi connectivity index (χ2v) is 21.5. The van der Waals surface area contributed by atoms with Crippen molar-refractivity contribution in [2.75, 3.05) is 9.80 Å². The number of hydrogen-bond acceptors (Lipinski definition) is 4. The van der Waals surface area contributed by atoms with Crippen LogP contribution in [0.2, 0.25) is 0 Å². The maximum absolute atomic E-state index is 5.68. The SMILES string of the molecule is c1ccc(N=c2c3cccc4c3n3c5c6c(ccc25)N(c2ccccc2)c2ccccc2B6c2cc5c6c(c2-3)B4c2cccc3c(=Nc4ccccc4)c4ccc7c(c4n-6c23)B5c2ccccc2N7c2ccccc2)cc1. The first-order chi connectivity index (χ1) is 38.3. The maximum atomic E-state index is 5.68. The Balaban J connectivity index is 1.06. The highest BCUT2D eigenvalue weighted by Crippen LogP contribution is 2.44. The topological polar surface area (TPSA) is 41.1 Å². The van der Waals surface area contributed by atoms with Crippen molar-refractivity contribution in [3.63, 3.8) is 0 Å². The summed E-state index contributed by atoms with van der Waals surface area (Å²) in [6.45, 7) is -0.260. The molecule has 0 atom stereocenters. The second kappa shape index (κ2) is 14.5. The molecule has 6 nitrogen and oxygen atoms in total. The van der Waals surface area contributed by atoms with Crippen LogP contribution in [0.5, 0.6) is 0 Å². The number of rotatable bonds is 4. The average Bonchev–Trinajstić information content (AvgIpc) is 3.62. The number of aromatic nitrogens is 2. The zero-order valence-electron chi connectivity index (χ0n) is 41.4. The Bertz CT molecular complexity index is 4700. The molecule has 0 bridgehead atoms. The van der Waals surface area contributed by atoms with Gasteiger partial charge in [-0.2, -0.15) is 0 Å². The summed E-state index contributed by atoms with van der Waals surface area (Å²) in [7, 11) is 0. The van der Waals surface area contributed by atoms with E-state index in [0.29, 0.717) is 0 Å². The van der Waals surface area contributed by atoms with Crippen LogP contribution >= 0.6 is 0 Å². The van der Waals surface area contributed by atoms with Gasteiger partial charge in [-0.1, -0.05) is 152 Å². The highest BCUT2D eigenvalue weighted by atomic mass is 15.2. The molecule has 0 unspecified atom stereocenters. The van der Waals surface area contributed by atoms with Crippen LogP contribution in [0.25, 0.3) is 55.0 Å². The van der Waals surface area contributed by atoms with E-state index in [9.17, 15) is 0 Å². The van der Waals surface area contributed by atoms with E-state index in [1.807, 2.05) is 0 Å². The molecule has 77 heavy (non-hydrogen) atoms. The van der Waals surface area contributed by atoms with E-state index in [2.05, 4.69) is 256 Å². The Hall–Kier alpha value is -9.85. The third-order valence-electron chi connectivity index (χ3n) is 17.8. The summed E-state index contributed by atoms with van der Waals surface area (Å²) >= 11 is 0. The fraction of sp³-hybridized carbons (Fsp3) is 0. The minimum Gasteiger partial charge on any atom is -0.311 e. The van der Waals surface area contributed by atoms with Gasteiger partial charge in [0.2, 0.25) is 0 Å². The molecule has 2 aromatic heterocycles. The molecule has 0 aliphatic carbocycles. The summed E-state index contributed by atoms with van der Waals surface area (Å²) in [5.74, 6) is 0. The van der Waals surface area contributed by atoms with Gasteiger partial charge in [0.25, 0.3) is 20.1 Å². The largest absolute Gasteiger partial charge is 0.311 e. The van der Waals surface area contributed by atoms with Crippen molar-refractivity contribution in [3.05, 3.63) is 247 Å². The minimum absolute atomic E-state index is 0.0834. The second-order valence-electron chi connectivity index (χ2n) is 21.5. The Morgan fingerprint density at radius 2 is 0.649 bits per heavy atom. The molecule has 0 N–H and O–H groups in total. The standard InChI is InChI=1S/C68H39B3N6/c1-5-19-40(20-6-1)72-61-44-27-17-31-50-63(44)76-65-46(61)35-37-56-58(65)69(48-29-13-15-33-54(48)74(56)42-23-9-3-10-24-42)52-39-53-68-60(67(52)76)71(50)51-32-18-28-45-62(73-41-21-7-2-8-22-41)47-36-38-57-59(66(47)77(68)64(45)51)70(53)49-30-14-16-34-55(49)75(57)43-25-11-4-12-26-43/h1-39H. The van der Waals surface area contributed by atoms with Gasteiger partial charge in [0.15, 0.2) is 0 Å². The van der Waals surface area contributed by atoms with Gasteiger partial charge in [0.05, 0.1) is 44.2 Å². The Labute approximate surface area is 443 Å². The van der Waals surface area contributed by atoms with E-state index >= 15 is 0 Å². The van der Waals surface area contributed by atoms with Gasteiger partial charge in [-0.3, -0.25) is 0 Å². The molecule has 9 heteroatoms. The van der Waals surface area contributed by atoms with Crippen LogP contribution < -0.4 is 69.7 Å². The highest BCUT2D eigenvalue weighted by Gasteiger charge is 2.52. The number of fused-ring (bicyclic) bond motifs is 8. The maximum Gasteiger partial charge on any atom is 0.252 e. The van der Waals surface area contributed by atoms with Crippen molar-refractivity contribution in [1.82, 2.24) is 9.13 Å². The first kappa shape index (κ1) is 40.5. The van der Waals surface area contributed by atoms with E-state index < -0.39 is 0 Å². The van der Waals surface area contributed by atoms with E-state index in [-0.39, 0.29) is 20.1 Å². The molecular formula is C68H39B3N6. The summed E-state index contributed by atoms with van der Waals surface area (Å²) < 4.78 is 5.44. The molecule has 350 valence electrons. The van der Waals surface area contributed by atoms with Crippen LogP contribution in [0.4, 0.5) is 45.5 Å². The zero-order chi connectivity index (χ0) is 49.8. The van der Waals surface area contributed by atoms with E-state index in [0.717, 1.165) is 55.0 Å². The van der Waals surface area contributed by atoms with Crippen molar-refractivity contribution < 1.29 is 0 Å². The molecule has 19 rings (SSSR count). The summed E-state index contributed by atoms with van der Waals surface area (Å²) in [4.78, 5) is 16.4. The predicted octanol–water partition coefficient (Wildman–Crippen LogP) is 8.71. The molecule has 0 radical (unpaired) electrons. The number of anilines is 6. The van der Waals surface area contributed by atoms with Gasteiger partial charge in [-0.25, -0.2) is 9.98 Å². The molecule has 0 saturated carbocycles. The number of nitrogens with zero attached hydrogens (tertiary/aromatic N) is 6. The third kappa shape index (κ3) is 4.97. The fourth-order valence-corrected chi connectivity index (χ4v) is 15.2. The number of hydrogen-bond donors (Lipinski definition) is 0. The van der Waals surface area contributed by atoms with Gasteiger partial charge in [0, 0.05) is 67.0 Å². The van der Waals surface area contributed by atoms with Crippen LogP contribution in [0, 0.1) is 0 Å². The van der Waals surface area contributed by atoms with Crippen LogP contribution in [0.15, 0.2) is 247 Å². The fourth-order valence-electron chi connectivity index (χ4n) is 15.2. The van der Waals surface area contributed by atoms with Gasteiger partial charge in [0.1, 0.15) is 0 Å². The summed E-state index contributed by atoms with van der Waals surface area (Å²) in [6, 6.07) is 87.7. The Kier molecular flexibility index (Phi) is 7.63. The monoisotopic (exact) mass is 972 g/mol. The lowest BCUT2D eigenvalue weighted by atomic mass is 9.26. The molecule has 0 saturated heterocycles. The van der Waals surface area contributed by atoms with Crippen molar-refractivity contribution in [2.45, 2.75) is 0 Å². The van der Waals surface area contributed by atoms with Crippen LogP contribution in [-0.2, 0) is 0 Å². The van der Waals surface area contributed by atoms with Gasteiger partial charge < -0.3 is 18.9 Å². The number of para-hydroxylation sites is 8. The first-order valence-electron chi connectivity index (χ1n) is 26.9. The third-order valence-corrected chi connectivity index (χ3v) is 17.8. The lowest BCUT2D eigenvalue weighted by Crippen LogP contribution is -2.71. The van der Waals surface area contributed by atoms with Crippen molar-refractivity contribution in [1.29, 1.82) is 0 Å².